The lowest BCUT2D eigenvalue weighted by Gasteiger charge is -2.27. The average molecular weight is 275 g/mol. The van der Waals surface area contributed by atoms with E-state index in [0.717, 1.165) is 17.9 Å². The Labute approximate surface area is 117 Å². The zero-order valence-electron chi connectivity index (χ0n) is 11.1. The van der Waals surface area contributed by atoms with E-state index >= 15 is 0 Å². The van der Waals surface area contributed by atoms with Gasteiger partial charge in [0.05, 0.1) is 4.99 Å². The summed E-state index contributed by atoms with van der Waals surface area (Å²) in [7, 11) is 0. The third-order valence-corrected chi connectivity index (χ3v) is 3.04. The van der Waals surface area contributed by atoms with Gasteiger partial charge in [-0.25, -0.2) is 9.97 Å². The van der Waals surface area contributed by atoms with E-state index in [0.29, 0.717) is 23.1 Å². The van der Waals surface area contributed by atoms with E-state index in [2.05, 4.69) is 33.7 Å². The van der Waals surface area contributed by atoms with Gasteiger partial charge in [0, 0.05) is 31.4 Å². The number of pyridine rings is 1. The van der Waals surface area contributed by atoms with Crippen LogP contribution in [0.25, 0.3) is 11.2 Å². The third kappa shape index (κ3) is 3.35. The second kappa shape index (κ2) is 5.88. The molecule has 6 heteroatoms. The zero-order chi connectivity index (χ0) is 13.8. The molecule has 0 aliphatic heterocycles. The van der Waals surface area contributed by atoms with Gasteiger partial charge in [0.25, 0.3) is 0 Å². The van der Waals surface area contributed by atoms with Crippen molar-refractivity contribution in [2.75, 3.05) is 11.4 Å². The molecule has 0 aliphatic carbocycles. The maximum absolute atomic E-state index is 5.57. The first-order chi connectivity index (χ1) is 9.08. The summed E-state index contributed by atoms with van der Waals surface area (Å²) in [6.45, 7) is 4.98. The van der Waals surface area contributed by atoms with Gasteiger partial charge < -0.3 is 10.6 Å². The van der Waals surface area contributed by atoms with Crippen LogP contribution in [0, 0.1) is 0 Å². The second-order valence-corrected chi connectivity index (χ2v) is 5.10. The molecule has 0 unspecified atom stereocenters. The molecule has 2 N–H and O–H groups in total. The van der Waals surface area contributed by atoms with Crippen LogP contribution in [0.2, 0.25) is 0 Å². The number of aromatic nitrogens is 3. The first-order valence-electron chi connectivity index (χ1n) is 6.20. The Morgan fingerprint density at radius 1 is 1.32 bits per heavy atom. The van der Waals surface area contributed by atoms with E-state index in [4.69, 9.17) is 18.0 Å². The maximum Gasteiger partial charge on any atom is 0.180 e. The first kappa shape index (κ1) is 13.6. The van der Waals surface area contributed by atoms with Crippen LogP contribution in [0.3, 0.4) is 0 Å². The second-order valence-electron chi connectivity index (χ2n) is 4.57. The number of hydrogen-bond acceptors (Lipinski definition) is 5. The van der Waals surface area contributed by atoms with Crippen LogP contribution in [0.4, 0.5) is 5.82 Å². The first-order valence-corrected chi connectivity index (χ1v) is 6.61. The van der Waals surface area contributed by atoms with Crippen molar-refractivity contribution in [3.8, 4) is 0 Å². The Hall–Kier alpha value is -1.82. The number of fused-ring (bicyclic) bond motifs is 1. The highest BCUT2D eigenvalue weighted by molar-refractivity contribution is 7.80. The van der Waals surface area contributed by atoms with Crippen LogP contribution in [0.15, 0.2) is 24.5 Å². The fourth-order valence-electron chi connectivity index (χ4n) is 1.87. The van der Waals surface area contributed by atoms with E-state index in [1.807, 2.05) is 12.1 Å². The lowest BCUT2D eigenvalue weighted by atomic mass is 10.2. The molecule has 0 spiro atoms. The summed E-state index contributed by atoms with van der Waals surface area (Å²) in [5.74, 6) is 0.874. The Kier molecular flexibility index (Phi) is 4.21. The zero-order valence-corrected chi connectivity index (χ0v) is 11.9. The van der Waals surface area contributed by atoms with E-state index in [9.17, 15) is 0 Å². The molecule has 100 valence electrons. The van der Waals surface area contributed by atoms with Gasteiger partial charge in [-0.1, -0.05) is 12.2 Å². The smallest absolute Gasteiger partial charge is 0.180 e. The minimum atomic E-state index is 0.316. The number of hydrogen-bond donors (Lipinski definition) is 1. The molecule has 0 saturated carbocycles. The minimum absolute atomic E-state index is 0.316. The third-order valence-electron chi connectivity index (χ3n) is 2.83. The van der Waals surface area contributed by atoms with Crippen molar-refractivity contribution < 1.29 is 0 Å². The lowest BCUT2D eigenvalue weighted by Crippen LogP contribution is -2.34. The summed E-state index contributed by atoms with van der Waals surface area (Å²) in [5, 5.41) is 0. The summed E-state index contributed by atoms with van der Waals surface area (Å²) in [4.78, 5) is 15.7. The van der Waals surface area contributed by atoms with E-state index in [-0.39, 0.29) is 0 Å². The van der Waals surface area contributed by atoms with Crippen molar-refractivity contribution in [1.82, 2.24) is 15.0 Å². The predicted molar refractivity (Wildman–Crippen MR) is 81.2 cm³/mol. The molecule has 0 atom stereocenters. The van der Waals surface area contributed by atoms with Gasteiger partial charge >= 0.3 is 0 Å². The fraction of sp³-hybridized carbons (Fsp3) is 0.385. The van der Waals surface area contributed by atoms with Gasteiger partial charge in [-0.3, -0.25) is 4.98 Å². The number of anilines is 1. The van der Waals surface area contributed by atoms with Crippen LogP contribution in [0.1, 0.15) is 20.3 Å². The van der Waals surface area contributed by atoms with Crippen LogP contribution in [0.5, 0.6) is 0 Å². The van der Waals surface area contributed by atoms with E-state index < -0.39 is 0 Å². The molecule has 0 aliphatic rings. The van der Waals surface area contributed by atoms with Crippen LogP contribution < -0.4 is 10.6 Å². The van der Waals surface area contributed by atoms with Gasteiger partial charge in [-0.2, -0.15) is 0 Å². The van der Waals surface area contributed by atoms with Crippen molar-refractivity contribution in [3.05, 3.63) is 24.5 Å². The maximum atomic E-state index is 5.57. The summed E-state index contributed by atoms with van der Waals surface area (Å²) >= 11 is 4.94. The summed E-state index contributed by atoms with van der Waals surface area (Å²) in [6, 6.07) is 4.20. The number of thiocarbonyl (C=S) groups is 1. The van der Waals surface area contributed by atoms with Crippen molar-refractivity contribution in [3.63, 3.8) is 0 Å². The van der Waals surface area contributed by atoms with Crippen molar-refractivity contribution in [2.45, 2.75) is 26.3 Å². The molecule has 0 bridgehead atoms. The fourth-order valence-corrected chi connectivity index (χ4v) is 1.96. The van der Waals surface area contributed by atoms with Gasteiger partial charge in [0.1, 0.15) is 11.3 Å². The molecule has 2 rings (SSSR count). The molecule has 0 fully saturated rings. The summed E-state index contributed by atoms with van der Waals surface area (Å²) in [6.07, 6.45) is 3.98. The van der Waals surface area contributed by atoms with Gasteiger partial charge in [0.15, 0.2) is 5.65 Å². The molecular weight excluding hydrogens is 258 g/mol. The topological polar surface area (TPSA) is 67.9 Å². The number of nitrogens with zero attached hydrogens (tertiary/aromatic N) is 4. The molecular formula is C13H17N5S. The lowest BCUT2D eigenvalue weighted by molar-refractivity contribution is 0.682. The van der Waals surface area contributed by atoms with Gasteiger partial charge in [0.2, 0.25) is 0 Å². The van der Waals surface area contributed by atoms with Crippen molar-refractivity contribution in [2.24, 2.45) is 5.73 Å². The van der Waals surface area contributed by atoms with Gasteiger partial charge in [-0.15, -0.1) is 0 Å². The average Bonchev–Trinajstić information content (AvgIpc) is 2.38. The van der Waals surface area contributed by atoms with Crippen LogP contribution >= 0.6 is 12.2 Å². The highest BCUT2D eigenvalue weighted by Gasteiger charge is 2.13. The van der Waals surface area contributed by atoms with Crippen molar-refractivity contribution in [1.29, 1.82) is 0 Å². The SMILES string of the molecule is CC(C)N(CCC(N)=S)c1ccc2nccnc2n1. The molecule has 5 nitrogen and oxygen atoms in total. The predicted octanol–water partition coefficient (Wildman–Crippen LogP) is 1.92. The van der Waals surface area contributed by atoms with Crippen molar-refractivity contribution >= 4 is 34.2 Å². The summed E-state index contributed by atoms with van der Waals surface area (Å²) in [5.41, 5.74) is 7.02. The Bertz CT molecular complexity index is 584. The van der Waals surface area contributed by atoms with E-state index in [1.54, 1.807) is 12.4 Å². The molecule has 2 aromatic heterocycles. The van der Waals surface area contributed by atoms with Gasteiger partial charge in [-0.05, 0) is 26.0 Å². The highest BCUT2D eigenvalue weighted by Crippen LogP contribution is 2.17. The minimum Gasteiger partial charge on any atom is -0.393 e. The normalized spacial score (nSPS) is 10.9. The highest BCUT2D eigenvalue weighted by atomic mass is 32.1. The van der Waals surface area contributed by atoms with Crippen LogP contribution in [-0.2, 0) is 0 Å². The molecule has 2 heterocycles. The molecule has 0 aromatic carbocycles. The number of rotatable bonds is 5. The Balaban J connectivity index is 2.30. The molecule has 0 saturated heterocycles. The quantitative estimate of drug-likeness (QED) is 0.841. The Morgan fingerprint density at radius 2 is 2.05 bits per heavy atom. The molecule has 2 aromatic rings. The Morgan fingerprint density at radius 3 is 2.74 bits per heavy atom. The van der Waals surface area contributed by atoms with Crippen LogP contribution in [-0.4, -0.2) is 32.5 Å². The molecule has 19 heavy (non-hydrogen) atoms. The van der Waals surface area contributed by atoms with E-state index in [1.165, 1.54) is 0 Å². The number of nitrogens with two attached hydrogens (primary N) is 1. The molecule has 0 amide bonds. The standard InChI is InChI=1S/C13H17N5S/c1-9(2)18(8-5-11(14)19)12-4-3-10-13(17-12)16-7-6-15-10/h3-4,6-7,9H,5,8H2,1-2H3,(H2,14,19). The largest absolute Gasteiger partial charge is 0.393 e. The molecule has 0 radical (unpaired) electrons. The monoisotopic (exact) mass is 275 g/mol. The summed E-state index contributed by atoms with van der Waals surface area (Å²) < 4.78 is 0.